The Bertz CT molecular complexity index is 806. The number of halogens is 1. The molecule has 1 saturated heterocycles. The summed E-state index contributed by atoms with van der Waals surface area (Å²) < 4.78 is 18.7. The molecular formula is C22H25FN2O2. The normalized spacial score (nSPS) is 15.9. The third-order valence-electron chi connectivity index (χ3n) is 4.74. The maximum absolute atomic E-state index is 13.4. The van der Waals surface area contributed by atoms with E-state index < -0.39 is 0 Å². The summed E-state index contributed by atoms with van der Waals surface area (Å²) in [5, 5.41) is 0. The van der Waals surface area contributed by atoms with Crippen molar-refractivity contribution in [3.05, 3.63) is 71.6 Å². The third kappa shape index (κ3) is 5.41. The summed E-state index contributed by atoms with van der Waals surface area (Å²) in [5.74, 6) is 0.703. The lowest BCUT2D eigenvalue weighted by molar-refractivity contribution is -0.130. The molecule has 1 aliphatic rings. The summed E-state index contributed by atoms with van der Waals surface area (Å²) in [5.41, 5.74) is 1.87. The summed E-state index contributed by atoms with van der Waals surface area (Å²) in [4.78, 5) is 16.5. The Kier molecular flexibility index (Phi) is 6.60. The Morgan fingerprint density at radius 2 is 1.96 bits per heavy atom. The quantitative estimate of drug-likeness (QED) is 0.781. The SMILES string of the molecule is COc1ccccc1C=CCN1CCC(=O)N(Cc2cccc(F)c2)CC1. The molecule has 0 aliphatic carbocycles. The van der Waals surface area contributed by atoms with E-state index in [1.54, 1.807) is 13.2 Å². The average molecular weight is 368 g/mol. The molecule has 0 saturated carbocycles. The lowest BCUT2D eigenvalue weighted by Crippen LogP contribution is -2.32. The maximum atomic E-state index is 13.4. The van der Waals surface area contributed by atoms with Gasteiger partial charge in [0, 0.05) is 44.7 Å². The van der Waals surface area contributed by atoms with E-state index in [1.165, 1.54) is 12.1 Å². The van der Waals surface area contributed by atoms with Crippen molar-refractivity contribution in [1.29, 1.82) is 0 Å². The number of ether oxygens (including phenoxy) is 1. The van der Waals surface area contributed by atoms with Crippen molar-refractivity contribution in [3.8, 4) is 5.75 Å². The van der Waals surface area contributed by atoms with Gasteiger partial charge in [-0.25, -0.2) is 4.39 Å². The fourth-order valence-corrected chi connectivity index (χ4v) is 3.25. The molecule has 1 aliphatic heterocycles. The number of amides is 1. The Morgan fingerprint density at radius 3 is 2.78 bits per heavy atom. The van der Waals surface area contributed by atoms with Crippen LogP contribution in [0.3, 0.4) is 0 Å². The van der Waals surface area contributed by atoms with E-state index >= 15 is 0 Å². The molecule has 1 fully saturated rings. The summed E-state index contributed by atoms with van der Waals surface area (Å²) in [6.45, 7) is 3.42. The average Bonchev–Trinajstić information content (AvgIpc) is 2.84. The molecule has 2 aromatic carbocycles. The molecule has 0 unspecified atom stereocenters. The first kappa shape index (κ1) is 19.1. The first-order valence-corrected chi connectivity index (χ1v) is 9.20. The topological polar surface area (TPSA) is 32.8 Å². The fourth-order valence-electron chi connectivity index (χ4n) is 3.25. The Labute approximate surface area is 159 Å². The van der Waals surface area contributed by atoms with E-state index in [0.717, 1.165) is 36.5 Å². The number of hydrogen-bond acceptors (Lipinski definition) is 3. The molecule has 3 rings (SSSR count). The number of para-hydroxylation sites is 1. The number of nitrogens with zero attached hydrogens (tertiary/aromatic N) is 2. The van der Waals surface area contributed by atoms with E-state index in [4.69, 9.17) is 4.74 Å². The van der Waals surface area contributed by atoms with Crippen LogP contribution in [0.1, 0.15) is 17.5 Å². The molecule has 2 aromatic rings. The maximum Gasteiger partial charge on any atom is 0.224 e. The van der Waals surface area contributed by atoms with Crippen LogP contribution in [-0.4, -0.2) is 49.0 Å². The second-order valence-electron chi connectivity index (χ2n) is 6.64. The first-order chi connectivity index (χ1) is 13.2. The van der Waals surface area contributed by atoms with Crippen LogP contribution in [0.25, 0.3) is 6.08 Å². The second-order valence-corrected chi connectivity index (χ2v) is 6.64. The highest BCUT2D eigenvalue weighted by molar-refractivity contribution is 5.76. The number of carbonyl (C=O) groups is 1. The number of benzene rings is 2. The zero-order valence-corrected chi connectivity index (χ0v) is 15.6. The van der Waals surface area contributed by atoms with Crippen LogP contribution in [0.15, 0.2) is 54.6 Å². The third-order valence-corrected chi connectivity index (χ3v) is 4.74. The molecule has 27 heavy (non-hydrogen) atoms. The van der Waals surface area contributed by atoms with Gasteiger partial charge in [0.15, 0.2) is 0 Å². The van der Waals surface area contributed by atoms with Crippen LogP contribution in [0.5, 0.6) is 5.75 Å². The van der Waals surface area contributed by atoms with Crippen LogP contribution in [0, 0.1) is 5.82 Å². The minimum Gasteiger partial charge on any atom is -0.496 e. The zero-order valence-electron chi connectivity index (χ0n) is 15.6. The highest BCUT2D eigenvalue weighted by atomic mass is 19.1. The predicted molar refractivity (Wildman–Crippen MR) is 105 cm³/mol. The molecule has 5 heteroatoms. The Balaban J connectivity index is 1.56. The molecular weight excluding hydrogens is 343 g/mol. The molecule has 0 aromatic heterocycles. The molecule has 1 heterocycles. The van der Waals surface area contributed by atoms with E-state index in [9.17, 15) is 9.18 Å². The van der Waals surface area contributed by atoms with Crippen molar-refractivity contribution in [1.82, 2.24) is 9.80 Å². The summed E-state index contributed by atoms with van der Waals surface area (Å²) in [7, 11) is 1.67. The Morgan fingerprint density at radius 1 is 1.11 bits per heavy atom. The Hall–Kier alpha value is -2.66. The van der Waals surface area contributed by atoms with Crippen LogP contribution < -0.4 is 4.74 Å². The van der Waals surface area contributed by atoms with Crippen molar-refractivity contribution < 1.29 is 13.9 Å². The van der Waals surface area contributed by atoms with Gasteiger partial charge in [0.1, 0.15) is 11.6 Å². The van der Waals surface area contributed by atoms with Crippen molar-refractivity contribution in [2.75, 3.05) is 33.3 Å². The molecule has 0 bridgehead atoms. The van der Waals surface area contributed by atoms with Gasteiger partial charge in [0.25, 0.3) is 0 Å². The number of rotatable bonds is 6. The highest BCUT2D eigenvalue weighted by Gasteiger charge is 2.20. The predicted octanol–water partition coefficient (Wildman–Crippen LogP) is 3.58. The van der Waals surface area contributed by atoms with Gasteiger partial charge in [-0.1, -0.05) is 42.5 Å². The molecule has 1 amide bonds. The van der Waals surface area contributed by atoms with Crippen LogP contribution in [-0.2, 0) is 11.3 Å². The van der Waals surface area contributed by atoms with Crippen LogP contribution >= 0.6 is 0 Å². The van der Waals surface area contributed by atoms with Crippen molar-refractivity contribution in [2.45, 2.75) is 13.0 Å². The first-order valence-electron chi connectivity index (χ1n) is 9.20. The smallest absolute Gasteiger partial charge is 0.224 e. The number of methoxy groups -OCH3 is 1. The molecule has 0 atom stereocenters. The highest BCUT2D eigenvalue weighted by Crippen LogP contribution is 2.18. The minimum atomic E-state index is -0.266. The lowest BCUT2D eigenvalue weighted by atomic mass is 10.2. The molecule has 0 spiro atoms. The van der Waals surface area contributed by atoms with Gasteiger partial charge in [0.2, 0.25) is 5.91 Å². The van der Waals surface area contributed by atoms with Crippen LogP contribution in [0.2, 0.25) is 0 Å². The van der Waals surface area contributed by atoms with Gasteiger partial charge in [0.05, 0.1) is 7.11 Å². The zero-order chi connectivity index (χ0) is 19.1. The van der Waals surface area contributed by atoms with Crippen LogP contribution in [0.4, 0.5) is 4.39 Å². The van der Waals surface area contributed by atoms with Gasteiger partial charge in [-0.05, 0) is 23.8 Å². The molecule has 4 nitrogen and oxygen atoms in total. The molecule has 142 valence electrons. The second kappa shape index (κ2) is 9.33. The van der Waals surface area contributed by atoms with E-state index in [1.807, 2.05) is 35.2 Å². The van der Waals surface area contributed by atoms with E-state index in [-0.39, 0.29) is 11.7 Å². The summed E-state index contributed by atoms with van der Waals surface area (Å²) in [6, 6.07) is 14.3. The fraction of sp³-hybridized carbons (Fsp3) is 0.318. The summed E-state index contributed by atoms with van der Waals surface area (Å²) >= 11 is 0. The monoisotopic (exact) mass is 368 g/mol. The lowest BCUT2D eigenvalue weighted by Gasteiger charge is -2.21. The van der Waals surface area contributed by atoms with Gasteiger partial charge in [-0.15, -0.1) is 0 Å². The van der Waals surface area contributed by atoms with Gasteiger partial charge in [-0.3, -0.25) is 9.69 Å². The molecule has 0 N–H and O–H groups in total. The molecule has 0 radical (unpaired) electrons. The van der Waals surface area contributed by atoms with Gasteiger partial charge >= 0.3 is 0 Å². The minimum absolute atomic E-state index is 0.121. The van der Waals surface area contributed by atoms with Gasteiger partial charge in [-0.2, -0.15) is 0 Å². The van der Waals surface area contributed by atoms with Crippen molar-refractivity contribution >= 4 is 12.0 Å². The largest absolute Gasteiger partial charge is 0.496 e. The number of carbonyl (C=O) groups excluding carboxylic acids is 1. The van der Waals surface area contributed by atoms with E-state index in [0.29, 0.717) is 19.5 Å². The standard InChI is InChI=1S/C22H25FN2O2/c1-27-21-10-3-2-7-19(21)8-5-12-24-13-11-22(26)25(15-14-24)17-18-6-4-9-20(23)16-18/h2-10,16H,11-15,17H2,1H3. The summed E-state index contributed by atoms with van der Waals surface area (Å²) in [6.07, 6.45) is 4.64. The van der Waals surface area contributed by atoms with Crippen molar-refractivity contribution in [3.63, 3.8) is 0 Å². The van der Waals surface area contributed by atoms with Gasteiger partial charge < -0.3 is 9.64 Å². The van der Waals surface area contributed by atoms with Crippen molar-refractivity contribution in [2.24, 2.45) is 0 Å². The number of hydrogen-bond donors (Lipinski definition) is 0. The van der Waals surface area contributed by atoms with E-state index in [2.05, 4.69) is 17.1 Å².